The van der Waals surface area contributed by atoms with E-state index < -0.39 is 26.5 Å². The third-order valence-corrected chi connectivity index (χ3v) is 9.21. The summed E-state index contributed by atoms with van der Waals surface area (Å²) in [7, 11) is -2.23. The van der Waals surface area contributed by atoms with E-state index in [0.717, 1.165) is 18.5 Å². The van der Waals surface area contributed by atoms with Crippen LogP contribution in [0.4, 0.5) is 45.5 Å². The summed E-state index contributed by atoms with van der Waals surface area (Å²) < 4.78 is 59.7. The molecule has 21 nitrogen and oxygen atoms in total. The number of aliphatic imine (C=N–C) groups is 1. The first-order valence-electron chi connectivity index (χ1n) is 15.2. The fourth-order valence-corrected chi connectivity index (χ4v) is 6.21. The van der Waals surface area contributed by atoms with Crippen LogP contribution in [0.5, 0.6) is 17.2 Å². The monoisotopic (exact) mass is 904 g/mol. The van der Waals surface area contributed by atoms with E-state index in [4.69, 9.17) is 26.4 Å². The van der Waals surface area contributed by atoms with Crippen LogP contribution >= 0.6 is 24.1 Å². The number of terminal acetylenes is 1. The molecule has 0 atom stereocenters. The minimum atomic E-state index is -4.98. The Kier molecular flexibility index (Phi) is 22.6. The van der Waals surface area contributed by atoms with Crippen LogP contribution in [0, 0.1) is 12.5 Å². The first-order chi connectivity index (χ1) is 27.5. The normalized spacial score (nSPS) is 11.4. The number of nitrogen functional groups attached to an aromatic ring is 1. The minimum Gasteiger partial charge on any atom is -0.744 e. The second kappa shape index (κ2) is 25.6. The summed E-state index contributed by atoms with van der Waals surface area (Å²) >= 11 is 1.02. The molecule has 0 aliphatic rings. The second-order valence-corrected chi connectivity index (χ2v) is 13.4. The zero-order valence-corrected chi connectivity index (χ0v) is 40.3. The van der Waals surface area contributed by atoms with E-state index in [2.05, 4.69) is 54.4 Å². The predicted molar refractivity (Wildman–Crippen MR) is 197 cm³/mol. The molecule has 294 valence electrons. The van der Waals surface area contributed by atoms with Crippen LogP contribution in [0.2, 0.25) is 0 Å². The molecule has 27 heteroatoms. The molecule has 0 radical (unpaired) electrons. The van der Waals surface area contributed by atoms with Crippen molar-refractivity contribution in [3.05, 3.63) is 72.8 Å². The van der Waals surface area contributed by atoms with Gasteiger partial charge in [-0.1, -0.05) is 12.5 Å². The van der Waals surface area contributed by atoms with Crippen LogP contribution in [0.25, 0.3) is 10.8 Å². The molecule has 5 aromatic carbocycles. The number of phenolic OH excluding ortho intramolecular Hbond substituents is 1. The smallest absolute Gasteiger partial charge is 0.744 e. The van der Waals surface area contributed by atoms with Crippen molar-refractivity contribution in [2.45, 2.75) is 14.7 Å². The zero-order valence-electron chi connectivity index (χ0n) is 31.9. The Morgan fingerprint density at radius 2 is 1.42 bits per heavy atom. The Bertz CT molecular complexity index is 2570. The van der Waals surface area contributed by atoms with Gasteiger partial charge in [-0.3, -0.25) is 10.1 Å². The molecule has 5 aromatic rings. The van der Waals surface area contributed by atoms with Gasteiger partial charge in [0.15, 0.2) is 12.2 Å². The molecule has 60 heavy (non-hydrogen) atoms. The number of nitrogens with zero attached hydrogens (tertiary/aromatic N) is 7. The van der Waals surface area contributed by atoms with E-state index >= 15 is 0 Å². The van der Waals surface area contributed by atoms with E-state index in [1.165, 1.54) is 32.4 Å². The van der Waals surface area contributed by atoms with E-state index in [9.17, 15) is 28.6 Å². The first kappa shape index (κ1) is 52.9. The molecule has 3 N–H and O–H groups in total. The standard InChI is InChI=1S/C33H26N8O13S3.3Na/c1-4-50-17-35-25-15-27(40-41-32-30(56-54-52-44)10-18-11-31(57(45,46)47)23(34)14-22(18)33(32)42)29(49-3)16-26(25)39-38-24-9-8-20(13-28(24)48-2)37-36-19-6-5-7-21(12-19)55-53-51-43;;;/h1,5-17,42-44H,34H2,2-3H3,(H,45,46,47);;;/q;3*+1/p-3. The van der Waals surface area contributed by atoms with Crippen LogP contribution in [0.1, 0.15) is 0 Å². The number of aromatic hydroxyl groups is 1. The maximum atomic E-state index is 11.7. The molecule has 0 unspecified atom stereocenters. The number of fused-ring (bicyclic) bond motifs is 1. The Morgan fingerprint density at radius 3 is 2.08 bits per heavy atom. The van der Waals surface area contributed by atoms with Crippen molar-refractivity contribution < 1.29 is 150 Å². The van der Waals surface area contributed by atoms with Crippen molar-refractivity contribution in [1.82, 2.24) is 0 Å². The van der Waals surface area contributed by atoms with Crippen LogP contribution in [-0.2, 0) is 33.6 Å². The third kappa shape index (κ3) is 14.1. The SMILES string of the molecule is C#COC=Nc1cc(N=Nc2c(SOO[O-])cc3cc(S(=O)(=O)[O-])c(N)cc3c2O)c(OC)cc1N=Nc1ccc(N=Nc2cccc(SOO[O-])c2)cc1OC.[Na+].[Na+].[Na+]. The average Bonchev–Trinajstić information content (AvgIpc) is 3.20. The number of benzene rings is 5. The molecule has 0 bridgehead atoms. The van der Waals surface area contributed by atoms with Gasteiger partial charge in [-0.05, 0) is 60.0 Å². The van der Waals surface area contributed by atoms with Gasteiger partial charge in [0.25, 0.3) is 0 Å². The number of ether oxygens (including phenoxy) is 3. The third-order valence-electron chi connectivity index (χ3n) is 7.13. The molecular weight excluding hydrogens is 882 g/mol. The Labute approximate surface area is 415 Å². The van der Waals surface area contributed by atoms with Gasteiger partial charge in [0, 0.05) is 28.1 Å². The first-order valence-corrected chi connectivity index (χ1v) is 18.1. The van der Waals surface area contributed by atoms with Crippen molar-refractivity contribution in [3.8, 4) is 29.8 Å². The van der Waals surface area contributed by atoms with Gasteiger partial charge in [0.1, 0.15) is 50.5 Å². The van der Waals surface area contributed by atoms with Gasteiger partial charge >= 0.3 is 88.7 Å². The number of nitrogens with two attached hydrogens (primary N) is 1. The maximum Gasteiger partial charge on any atom is 1.00 e. The molecule has 0 saturated carbocycles. The summed E-state index contributed by atoms with van der Waals surface area (Å²) in [5.74, 6) is -0.209. The van der Waals surface area contributed by atoms with E-state index in [0.29, 0.717) is 40.4 Å². The number of hydrogen-bond donors (Lipinski definition) is 2. The van der Waals surface area contributed by atoms with Crippen molar-refractivity contribution in [3.63, 3.8) is 0 Å². The Hall–Kier alpha value is -3.24. The number of rotatable bonds is 17. The summed E-state index contributed by atoms with van der Waals surface area (Å²) in [5.41, 5.74) is 6.48. The van der Waals surface area contributed by atoms with Gasteiger partial charge < -0.3 is 40.1 Å². The van der Waals surface area contributed by atoms with E-state index in [1.807, 2.05) is 6.11 Å². The summed E-state index contributed by atoms with van der Waals surface area (Å²) in [6, 6.07) is 17.5. The largest absolute Gasteiger partial charge is 1.00 e. The molecule has 0 heterocycles. The van der Waals surface area contributed by atoms with Gasteiger partial charge in [-0.25, -0.2) is 13.4 Å². The van der Waals surface area contributed by atoms with Crippen molar-refractivity contribution in [2.75, 3.05) is 20.0 Å². The predicted octanol–water partition coefficient (Wildman–Crippen LogP) is -1.96. The summed E-state index contributed by atoms with van der Waals surface area (Å²) in [6.07, 6.45) is 8.09. The number of azo groups is 3. The molecule has 0 spiro atoms. The van der Waals surface area contributed by atoms with Gasteiger partial charge in [0.05, 0.1) is 65.2 Å². The van der Waals surface area contributed by atoms with Crippen LogP contribution in [0.3, 0.4) is 0 Å². The number of hydrogen-bond acceptors (Lipinski definition) is 23. The fourth-order valence-electron chi connectivity index (χ4n) is 4.69. The van der Waals surface area contributed by atoms with E-state index in [-0.39, 0.29) is 144 Å². The summed E-state index contributed by atoms with van der Waals surface area (Å²) in [5, 5.41) is 64.0. The second-order valence-electron chi connectivity index (χ2n) is 10.5. The number of methoxy groups -OCH3 is 2. The van der Waals surface area contributed by atoms with Gasteiger partial charge in [0.2, 0.25) is 0 Å². The Morgan fingerprint density at radius 1 is 0.767 bits per heavy atom. The molecule has 0 fully saturated rings. The summed E-state index contributed by atoms with van der Waals surface area (Å²) in [6.45, 7) is 0. The Balaban J connectivity index is 0.00000413. The van der Waals surface area contributed by atoms with Gasteiger partial charge in [-0.2, -0.15) is 18.9 Å². The number of anilines is 1. The fraction of sp³-hybridized carbons (Fsp3) is 0.0606. The zero-order chi connectivity index (χ0) is 41.0. The molecule has 0 aliphatic heterocycles. The molecule has 0 aliphatic carbocycles. The maximum absolute atomic E-state index is 11.7. The van der Waals surface area contributed by atoms with E-state index in [1.54, 1.807) is 42.5 Å². The summed E-state index contributed by atoms with van der Waals surface area (Å²) in [4.78, 5) is 3.91. The minimum absolute atomic E-state index is 0. The molecule has 0 amide bonds. The molecular formula is C33H23N8Na3O13S3. The van der Waals surface area contributed by atoms with Crippen molar-refractivity contribution >= 4 is 96.9 Å². The van der Waals surface area contributed by atoms with Crippen LogP contribution in [-0.4, -0.2) is 38.7 Å². The topological polar surface area (TPSA) is 301 Å². The van der Waals surface area contributed by atoms with Crippen LogP contribution in [0.15, 0.2) is 123 Å². The number of phenols is 1. The average molecular weight is 905 g/mol. The van der Waals surface area contributed by atoms with Crippen LogP contribution < -0.4 is 114 Å². The quantitative estimate of drug-likeness (QED) is 0.00978. The van der Waals surface area contributed by atoms with Gasteiger partial charge in [-0.15, -0.1) is 20.5 Å². The molecule has 0 aromatic heterocycles. The molecule has 5 rings (SSSR count). The van der Waals surface area contributed by atoms with Crippen molar-refractivity contribution in [2.24, 2.45) is 35.7 Å². The van der Waals surface area contributed by atoms with Crippen molar-refractivity contribution in [1.29, 1.82) is 0 Å². The molecule has 0 saturated heterocycles.